The van der Waals surface area contributed by atoms with Crippen LogP contribution >= 0.6 is 22.9 Å². The third-order valence-electron chi connectivity index (χ3n) is 3.76. The van der Waals surface area contributed by atoms with Crippen LogP contribution in [0.5, 0.6) is 0 Å². The fourth-order valence-corrected chi connectivity index (χ4v) is 4.48. The number of carbonyl (C=O) groups excluding carboxylic acids is 1. The zero-order chi connectivity index (χ0) is 15.7. The van der Waals surface area contributed by atoms with E-state index in [0.717, 1.165) is 41.0 Å². The first-order valence-electron chi connectivity index (χ1n) is 7.31. The van der Waals surface area contributed by atoms with Gasteiger partial charge in [0.15, 0.2) is 0 Å². The van der Waals surface area contributed by atoms with E-state index in [2.05, 4.69) is 31.5 Å². The van der Waals surface area contributed by atoms with Crippen molar-refractivity contribution in [2.45, 2.75) is 39.2 Å². The molecule has 1 amide bonds. The van der Waals surface area contributed by atoms with Gasteiger partial charge < -0.3 is 10.2 Å². The van der Waals surface area contributed by atoms with E-state index in [-0.39, 0.29) is 5.91 Å². The minimum absolute atomic E-state index is 0.0267. The summed E-state index contributed by atoms with van der Waals surface area (Å²) in [4.78, 5) is 23.1. The summed E-state index contributed by atoms with van der Waals surface area (Å²) in [7, 11) is 0. The Morgan fingerprint density at radius 2 is 2.32 bits per heavy atom. The quantitative estimate of drug-likeness (QED) is 0.925. The molecule has 1 fully saturated rings. The fourth-order valence-electron chi connectivity index (χ4n) is 2.73. The van der Waals surface area contributed by atoms with Crippen molar-refractivity contribution in [1.29, 1.82) is 0 Å². The molecule has 0 spiro atoms. The maximum Gasteiger partial charge on any atom is 0.217 e. The summed E-state index contributed by atoms with van der Waals surface area (Å²) in [5.41, 5.74) is 0.579. The molecule has 1 unspecified atom stereocenters. The zero-order valence-corrected chi connectivity index (χ0v) is 14.6. The monoisotopic (exact) mass is 337 g/mol. The molecule has 8 heteroatoms. The summed E-state index contributed by atoms with van der Waals surface area (Å²) in [5, 5.41) is 7.06. The van der Waals surface area contributed by atoms with E-state index in [1.807, 2.05) is 12.3 Å². The highest BCUT2D eigenvalue weighted by atomic mass is 32.1. The Morgan fingerprint density at radius 1 is 1.50 bits per heavy atom. The third kappa shape index (κ3) is 2.85. The van der Waals surface area contributed by atoms with Gasteiger partial charge in [0.1, 0.15) is 16.4 Å². The van der Waals surface area contributed by atoms with Crippen molar-refractivity contribution in [2.24, 2.45) is 0 Å². The Bertz CT molecular complexity index is 682. The molecular formula is C14H19N5OS2. The second-order valence-electron chi connectivity index (χ2n) is 5.58. The number of aryl methyl sites for hydroxylation is 2. The van der Waals surface area contributed by atoms with Gasteiger partial charge in [-0.25, -0.2) is 9.97 Å². The standard InChI is InChI=1S/C14H19N5OS2/c1-4-11-16-13(22-18-11)19-6-5-14(8-19,17-10(3)20)12-15-9(2)7-21-12/h7H,4-6,8H2,1-3H3,(H,17,20). The topological polar surface area (TPSA) is 71.0 Å². The van der Waals surface area contributed by atoms with Crippen LogP contribution in [0.1, 0.15) is 36.8 Å². The third-order valence-corrected chi connectivity index (χ3v) is 5.74. The van der Waals surface area contributed by atoms with E-state index >= 15 is 0 Å². The molecule has 0 aromatic carbocycles. The molecule has 2 aromatic rings. The molecule has 0 aliphatic carbocycles. The Morgan fingerprint density at radius 3 is 2.91 bits per heavy atom. The molecular weight excluding hydrogens is 318 g/mol. The van der Waals surface area contributed by atoms with Crippen LogP contribution < -0.4 is 10.2 Å². The van der Waals surface area contributed by atoms with Crippen molar-refractivity contribution >= 4 is 33.9 Å². The number of nitrogens with zero attached hydrogens (tertiary/aromatic N) is 4. The number of amides is 1. The molecule has 22 heavy (non-hydrogen) atoms. The Balaban J connectivity index is 1.87. The molecule has 2 aromatic heterocycles. The zero-order valence-electron chi connectivity index (χ0n) is 12.9. The SMILES string of the molecule is CCc1nsc(N2CCC(NC(C)=O)(c3nc(C)cs3)C2)n1. The highest BCUT2D eigenvalue weighted by molar-refractivity contribution is 7.10. The maximum absolute atomic E-state index is 11.7. The summed E-state index contributed by atoms with van der Waals surface area (Å²) in [6, 6.07) is 0. The lowest BCUT2D eigenvalue weighted by Crippen LogP contribution is -2.47. The minimum atomic E-state index is -0.414. The van der Waals surface area contributed by atoms with Crippen molar-refractivity contribution < 1.29 is 4.79 Å². The molecule has 6 nitrogen and oxygen atoms in total. The number of rotatable bonds is 4. The largest absolute Gasteiger partial charge is 0.344 e. The van der Waals surface area contributed by atoms with Crippen LogP contribution in [0.3, 0.4) is 0 Å². The van der Waals surface area contributed by atoms with Crippen molar-refractivity contribution in [2.75, 3.05) is 18.0 Å². The summed E-state index contributed by atoms with van der Waals surface area (Å²) < 4.78 is 4.35. The van der Waals surface area contributed by atoms with Crippen molar-refractivity contribution in [1.82, 2.24) is 19.7 Å². The average Bonchev–Trinajstić information content (AvgIpc) is 3.16. The molecule has 0 saturated carbocycles. The van der Waals surface area contributed by atoms with E-state index < -0.39 is 5.54 Å². The van der Waals surface area contributed by atoms with Gasteiger partial charge in [-0.3, -0.25) is 4.79 Å². The van der Waals surface area contributed by atoms with Crippen LogP contribution in [-0.2, 0) is 16.8 Å². The smallest absolute Gasteiger partial charge is 0.217 e. The van der Waals surface area contributed by atoms with Gasteiger partial charge in [0.2, 0.25) is 11.0 Å². The first-order chi connectivity index (χ1) is 10.5. The van der Waals surface area contributed by atoms with E-state index in [1.54, 1.807) is 18.3 Å². The number of carbonyl (C=O) groups is 1. The molecule has 1 aliphatic heterocycles. The van der Waals surface area contributed by atoms with E-state index in [9.17, 15) is 4.79 Å². The van der Waals surface area contributed by atoms with Crippen LogP contribution in [0.25, 0.3) is 0 Å². The second kappa shape index (κ2) is 5.92. The molecule has 0 radical (unpaired) electrons. The highest BCUT2D eigenvalue weighted by Crippen LogP contribution is 2.36. The number of anilines is 1. The van der Waals surface area contributed by atoms with Gasteiger partial charge in [-0.1, -0.05) is 6.92 Å². The summed E-state index contributed by atoms with van der Waals surface area (Å²) in [6.07, 6.45) is 1.67. The van der Waals surface area contributed by atoms with Crippen LogP contribution in [0, 0.1) is 6.92 Å². The molecule has 3 heterocycles. The van der Waals surface area contributed by atoms with E-state index in [1.165, 1.54) is 11.5 Å². The number of aromatic nitrogens is 3. The Kier molecular flexibility index (Phi) is 4.14. The lowest BCUT2D eigenvalue weighted by atomic mass is 9.99. The molecule has 1 saturated heterocycles. The summed E-state index contributed by atoms with van der Waals surface area (Å²) in [5.74, 6) is 0.850. The summed E-state index contributed by atoms with van der Waals surface area (Å²) in [6.45, 7) is 7.13. The molecule has 1 aliphatic rings. The van der Waals surface area contributed by atoms with Gasteiger partial charge in [0.25, 0.3) is 0 Å². The number of hydrogen-bond donors (Lipinski definition) is 1. The van der Waals surface area contributed by atoms with Gasteiger partial charge in [-0.05, 0) is 13.3 Å². The minimum Gasteiger partial charge on any atom is -0.344 e. The van der Waals surface area contributed by atoms with Gasteiger partial charge in [-0.15, -0.1) is 11.3 Å². The lowest BCUT2D eigenvalue weighted by molar-refractivity contribution is -0.120. The predicted molar refractivity (Wildman–Crippen MR) is 88.5 cm³/mol. The lowest BCUT2D eigenvalue weighted by Gasteiger charge is -2.27. The molecule has 118 valence electrons. The molecule has 1 atom stereocenters. The van der Waals surface area contributed by atoms with Crippen LogP contribution in [0.2, 0.25) is 0 Å². The highest BCUT2D eigenvalue weighted by Gasteiger charge is 2.43. The van der Waals surface area contributed by atoms with Gasteiger partial charge in [0.05, 0.1) is 0 Å². The Hall–Kier alpha value is -1.54. The van der Waals surface area contributed by atoms with Crippen molar-refractivity contribution in [3.63, 3.8) is 0 Å². The number of nitrogens with one attached hydrogen (secondary N) is 1. The van der Waals surface area contributed by atoms with Crippen LogP contribution in [0.15, 0.2) is 5.38 Å². The Labute approximate surface area is 137 Å². The predicted octanol–water partition coefficient (Wildman–Crippen LogP) is 2.11. The average molecular weight is 337 g/mol. The van der Waals surface area contributed by atoms with Crippen LogP contribution in [0.4, 0.5) is 5.13 Å². The number of thiazole rings is 1. The first-order valence-corrected chi connectivity index (χ1v) is 8.96. The van der Waals surface area contributed by atoms with Gasteiger partial charge >= 0.3 is 0 Å². The maximum atomic E-state index is 11.7. The summed E-state index contributed by atoms with van der Waals surface area (Å²) >= 11 is 3.04. The van der Waals surface area contributed by atoms with E-state index in [4.69, 9.17) is 0 Å². The normalized spacial score (nSPS) is 21.3. The van der Waals surface area contributed by atoms with Gasteiger partial charge in [0, 0.05) is 49.0 Å². The fraction of sp³-hybridized carbons (Fsp3) is 0.571. The molecule has 3 rings (SSSR count). The first kappa shape index (κ1) is 15.4. The molecule has 0 bridgehead atoms. The molecule has 1 N–H and O–H groups in total. The van der Waals surface area contributed by atoms with Crippen molar-refractivity contribution in [3.8, 4) is 0 Å². The van der Waals surface area contributed by atoms with Crippen LogP contribution in [-0.4, -0.2) is 33.3 Å². The van der Waals surface area contributed by atoms with E-state index in [0.29, 0.717) is 6.54 Å². The number of hydrogen-bond acceptors (Lipinski definition) is 7. The van der Waals surface area contributed by atoms with Crippen molar-refractivity contribution in [3.05, 3.63) is 21.9 Å². The second-order valence-corrected chi connectivity index (χ2v) is 7.16. The van der Waals surface area contributed by atoms with Gasteiger partial charge in [-0.2, -0.15) is 4.37 Å².